The van der Waals surface area contributed by atoms with Crippen molar-refractivity contribution in [2.24, 2.45) is 5.92 Å². The normalized spacial score (nSPS) is 16.8. The van der Waals surface area contributed by atoms with E-state index in [1.807, 2.05) is 11.8 Å². The lowest BCUT2D eigenvalue weighted by Gasteiger charge is -2.29. The highest BCUT2D eigenvalue weighted by atomic mass is 16.5. The van der Waals surface area contributed by atoms with Crippen LogP contribution in [0.4, 0.5) is 0 Å². The van der Waals surface area contributed by atoms with Crippen molar-refractivity contribution < 1.29 is 9.53 Å². The van der Waals surface area contributed by atoms with Gasteiger partial charge in [0.1, 0.15) is 0 Å². The number of rotatable bonds is 8. The number of carbonyl (C=O) groups excluding carboxylic acids is 1. The molecule has 0 aromatic carbocycles. The summed E-state index contributed by atoms with van der Waals surface area (Å²) >= 11 is 0. The van der Waals surface area contributed by atoms with Crippen LogP contribution in [0.1, 0.15) is 39.5 Å². The van der Waals surface area contributed by atoms with Crippen LogP contribution in [-0.2, 0) is 9.53 Å². The van der Waals surface area contributed by atoms with Crippen LogP contribution in [0.2, 0.25) is 0 Å². The van der Waals surface area contributed by atoms with Gasteiger partial charge in [-0.2, -0.15) is 0 Å². The summed E-state index contributed by atoms with van der Waals surface area (Å²) in [6.07, 6.45) is 3.86. The summed E-state index contributed by atoms with van der Waals surface area (Å²) in [4.78, 5) is 14.1. The quantitative estimate of drug-likeness (QED) is 0.671. The van der Waals surface area contributed by atoms with Gasteiger partial charge in [0.15, 0.2) is 0 Å². The lowest BCUT2D eigenvalue weighted by atomic mass is 9.97. The Morgan fingerprint density at radius 2 is 2.06 bits per heavy atom. The monoisotopic (exact) mass is 256 g/mol. The van der Waals surface area contributed by atoms with E-state index in [-0.39, 0.29) is 5.91 Å². The topological polar surface area (TPSA) is 41.6 Å². The fourth-order valence-corrected chi connectivity index (χ4v) is 2.41. The number of ether oxygens (including phenoxy) is 1. The Hall–Kier alpha value is -0.610. The summed E-state index contributed by atoms with van der Waals surface area (Å²) in [5, 5.41) is 3.36. The molecular weight excluding hydrogens is 228 g/mol. The molecule has 0 unspecified atom stereocenters. The van der Waals surface area contributed by atoms with Gasteiger partial charge in [0.25, 0.3) is 0 Å². The largest absolute Gasteiger partial charge is 0.382 e. The number of hydrogen-bond donors (Lipinski definition) is 1. The molecule has 0 spiro atoms. The van der Waals surface area contributed by atoms with Crippen molar-refractivity contribution in [3.8, 4) is 0 Å². The fourth-order valence-electron chi connectivity index (χ4n) is 2.41. The van der Waals surface area contributed by atoms with E-state index in [0.717, 1.165) is 39.2 Å². The van der Waals surface area contributed by atoms with Crippen LogP contribution in [0.15, 0.2) is 0 Å². The number of nitrogens with zero attached hydrogens (tertiary/aromatic N) is 1. The highest BCUT2D eigenvalue weighted by Gasteiger charge is 2.19. The maximum atomic E-state index is 12.1. The minimum Gasteiger partial charge on any atom is -0.382 e. The molecule has 0 aromatic heterocycles. The third kappa shape index (κ3) is 5.83. The Kier molecular flexibility index (Phi) is 8.01. The first-order valence-corrected chi connectivity index (χ1v) is 7.34. The van der Waals surface area contributed by atoms with Gasteiger partial charge in [-0.1, -0.05) is 0 Å². The molecule has 0 bridgehead atoms. The van der Waals surface area contributed by atoms with Crippen LogP contribution in [0.3, 0.4) is 0 Å². The van der Waals surface area contributed by atoms with Gasteiger partial charge < -0.3 is 15.0 Å². The van der Waals surface area contributed by atoms with Crippen molar-refractivity contribution in [2.45, 2.75) is 39.5 Å². The first kappa shape index (κ1) is 15.4. The van der Waals surface area contributed by atoms with Crippen LogP contribution in [0.25, 0.3) is 0 Å². The molecule has 18 heavy (non-hydrogen) atoms. The molecule has 1 rings (SSSR count). The summed E-state index contributed by atoms with van der Waals surface area (Å²) in [6, 6.07) is 0. The van der Waals surface area contributed by atoms with Gasteiger partial charge in [0, 0.05) is 32.7 Å². The number of nitrogens with one attached hydrogen (secondary N) is 1. The van der Waals surface area contributed by atoms with E-state index in [9.17, 15) is 4.79 Å². The summed E-state index contributed by atoms with van der Waals surface area (Å²) in [6.45, 7) is 9.46. The van der Waals surface area contributed by atoms with Crippen molar-refractivity contribution in [2.75, 3.05) is 39.4 Å². The predicted molar refractivity (Wildman–Crippen MR) is 73.6 cm³/mol. The molecular formula is C14H28N2O2. The van der Waals surface area contributed by atoms with E-state index < -0.39 is 0 Å². The van der Waals surface area contributed by atoms with Crippen LogP contribution in [0.5, 0.6) is 0 Å². The van der Waals surface area contributed by atoms with Crippen molar-refractivity contribution >= 4 is 5.91 Å². The first-order valence-electron chi connectivity index (χ1n) is 7.34. The zero-order valence-corrected chi connectivity index (χ0v) is 11.9. The van der Waals surface area contributed by atoms with Crippen molar-refractivity contribution in [1.82, 2.24) is 10.2 Å². The molecule has 106 valence electrons. The average molecular weight is 256 g/mol. The molecule has 0 atom stereocenters. The molecule has 1 saturated heterocycles. The first-order chi connectivity index (χ1) is 8.77. The van der Waals surface area contributed by atoms with Crippen LogP contribution in [0, 0.1) is 5.92 Å². The average Bonchev–Trinajstić information content (AvgIpc) is 2.42. The maximum absolute atomic E-state index is 12.1. The Morgan fingerprint density at radius 1 is 1.33 bits per heavy atom. The molecule has 0 saturated carbocycles. The molecule has 1 aliphatic rings. The van der Waals surface area contributed by atoms with Crippen LogP contribution < -0.4 is 5.32 Å². The van der Waals surface area contributed by atoms with Gasteiger partial charge >= 0.3 is 0 Å². The highest BCUT2D eigenvalue weighted by Crippen LogP contribution is 2.14. The van der Waals surface area contributed by atoms with E-state index >= 15 is 0 Å². The van der Waals surface area contributed by atoms with Crippen molar-refractivity contribution in [3.05, 3.63) is 0 Å². The summed E-state index contributed by atoms with van der Waals surface area (Å²) < 4.78 is 5.27. The number of carbonyl (C=O) groups is 1. The smallest absolute Gasteiger partial charge is 0.222 e. The zero-order valence-electron chi connectivity index (χ0n) is 11.9. The minimum atomic E-state index is 0.288. The second-order valence-electron chi connectivity index (χ2n) is 4.93. The molecule has 4 nitrogen and oxygen atoms in total. The van der Waals surface area contributed by atoms with Crippen molar-refractivity contribution in [1.29, 1.82) is 0 Å². The zero-order chi connectivity index (χ0) is 13.2. The van der Waals surface area contributed by atoms with Gasteiger partial charge in [-0.3, -0.25) is 4.79 Å². The lowest BCUT2D eigenvalue weighted by molar-refractivity contribution is -0.132. The van der Waals surface area contributed by atoms with E-state index in [1.165, 1.54) is 12.8 Å². The van der Waals surface area contributed by atoms with Gasteiger partial charge in [-0.05, 0) is 52.1 Å². The lowest BCUT2D eigenvalue weighted by Crippen LogP contribution is -2.39. The van der Waals surface area contributed by atoms with E-state index in [2.05, 4.69) is 12.2 Å². The minimum absolute atomic E-state index is 0.288. The van der Waals surface area contributed by atoms with E-state index in [1.54, 1.807) is 0 Å². The second-order valence-corrected chi connectivity index (χ2v) is 4.93. The predicted octanol–water partition coefficient (Wildman–Crippen LogP) is 1.65. The molecule has 1 amide bonds. The summed E-state index contributed by atoms with van der Waals surface area (Å²) in [5.41, 5.74) is 0. The molecule has 1 heterocycles. The molecule has 1 N–H and O–H groups in total. The van der Waals surface area contributed by atoms with Crippen LogP contribution in [-0.4, -0.2) is 50.2 Å². The van der Waals surface area contributed by atoms with E-state index in [4.69, 9.17) is 4.74 Å². The van der Waals surface area contributed by atoms with E-state index in [0.29, 0.717) is 18.9 Å². The second kappa shape index (κ2) is 9.34. The Morgan fingerprint density at radius 3 is 2.67 bits per heavy atom. The summed E-state index contributed by atoms with van der Waals surface area (Å²) in [5.74, 6) is 0.970. The molecule has 1 fully saturated rings. The molecule has 0 radical (unpaired) electrons. The molecule has 4 heteroatoms. The fraction of sp³-hybridized carbons (Fsp3) is 0.929. The summed E-state index contributed by atoms with van der Waals surface area (Å²) in [7, 11) is 0. The Balaban J connectivity index is 2.23. The van der Waals surface area contributed by atoms with Crippen molar-refractivity contribution in [3.63, 3.8) is 0 Å². The number of piperidine rings is 1. The molecule has 0 aromatic rings. The van der Waals surface area contributed by atoms with Gasteiger partial charge in [0.05, 0.1) is 0 Å². The van der Waals surface area contributed by atoms with Gasteiger partial charge in [0.2, 0.25) is 5.91 Å². The maximum Gasteiger partial charge on any atom is 0.222 e. The highest BCUT2D eigenvalue weighted by molar-refractivity contribution is 5.76. The standard InChI is InChI=1S/C14H28N2O2/c1-3-16(12-13-7-9-15-10-8-13)14(17)6-5-11-18-4-2/h13,15H,3-12H2,1-2H3. The van der Waals surface area contributed by atoms with Gasteiger partial charge in [-0.25, -0.2) is 0 Å². The Labute approximate surface area is 111 Å². The molecule has 1 aliphatic heterocycles. The SMILES string of the molecule is CCOCCCC(=O)N(CC)CC1CCNCC1. The third-order valence-corrected chi connectivity index (χ3v) is 3.56. The number of hydrogen-bond acceptors (Lipinski definition) is 3. The Bertz CT molecular complexity index is 228. The van der Waals surface area contributed by atoms with Gasteiger partial charge in [-0.15, -0.1) is 0 Å². The third-order valence-electron chi connectivity index (χ3n) is 3.56. The van der Waals surface area contributed by atoms with Crippen LogP contribution >= 0.6 is 0 Å². The number of amides is 1. The molecule has 0 aliphatic carbocycles.